The Balaban J connectivity index is 0.0000163. The Morgan fingerprint density at radius 2 is 0.536 bits per heavy atom. The summed E-state index contributed by atoms with van der Waals surface area (Å²) in [4.78, 5) is 0. The molecule has 2 aromatic rings. The minimum Gasteiger partial charge on any atom is -1.00 e. The summed E-state index contributed by atoms with van der Waals surface area (Å²) in [5.74, 6) is 0. The van der Waals surface area contributed by atoms with Crippen molar-refractivity contribution in [2.75, 3.05) is 0 Å². The molecule has 2 aromatic carbocycles. The van der Waals surface area contributed by atoms with Crippen LogP contribution in [0.1, 0.15) is 334 Å². The molecule has 1 aliphatic heterocycles. The molecule has 0 aromatic heterocycles. The van der Waals surface area contributed by atoms with E-state index in [0.717, 1.165) is 69.2 Å². The van der Waals surface area contributed by atoms with E-state index in [1.165, 1.54) is 245 Å². The van der Waals surface area contributed by atoms with Gasteiger partial charge in [0, 0.05) is 38.8 Å². The molecule has 3 rings (SSSR count). The maximum Gasteiger partial charge on any atom is 0.211 e. The van der Waals surface area contributed by atoms with E-state index < -0.39 is 0 Å². The number of nitrogens with zero attached hydrogens (tertiary/aromatic N) is 2. The van der Waals surface area contributed by atoms with Crippen LogP contribution < -0.4 is 0 Å². The van der Waals surface area contributed by atoms with Crippen molar-refractivity contribution in [1.82, 2.24) is 0 Å². The topological polar surface area (TPSA) is 25.3 Å². The van der Waals surface area contributed by atoms with Gasteiger partial charge in [0.15, 0.2) is 0 Å². The van der Waals surface area contributed by atoms with E-state index in [1.807, 2.05) is 0 Å². The Morgan fingerprint density at radius 1 is 0.290 bits per heavy atom. The predicted octanol–water partition coefficient (Wildman–Crippen LogP) is 22.5. The third kappa shape index (κ3) is 23.2. The number of aryl methyl sites for hydroxylation is 4. The molecule has 3 heteroatoms. The van der Waals surface area contributed by atoms with Crippen molar-refractivity contribution in [1.29, 1.82) is 0 Å². The molecule has 0 amide bonds. The van der Waals surface area contributed by atoms with Gasteiger partial charge in [-0.3, -0.25) is 0 Å². The molecule has 0 spiro atoms. The summed E-state index contributed by atoms with van der Waals surface area (Å²) in [7, 11) is 0. The summed E-state index contributed by atoms with van der Waals surface area (Å²) in [6, 6.07) is 10.2. The Labute approximate surface area is 443 Å². The summed E-state index contributed by atoms with van der Waals surface area (Å²) in [6.07, 6.45) is 54.1. The van der Waals surface area contributed by atoms with Gasteiger partial charge in [0.25, 0.3) is 0 Å². The SMILES string of the molecule is CCCCCCCCCCCCCCCCCCCCC1=C(c2cc(CCCCC)c(CCCCC)c(CCCCC)c2)[N+](=[N-])C(c2cc(CCC)c(CCC)c(CCC)c2)=C1CCCCCC.[H-].[H-].[Ni]. The molecular weight excluding hydrogens is 879 g/mol. The molecule has 0 radical (unpaired) electrons. The number of allylic oxidation sites excluding steroid dienone is 2. The van der Waals surface area contributed by atoms with Crippen molar-refractivity contribution in [3.63, 3.8) is 0 Å². The van der Waals surface area contributed by atoms with Crippen LogP contribution in [0.5, 0.6) is 0 Å². The van der Waals surface area contributed by atoms with Crippen molar-refractivity contribution in [2.45, 2.75) is 325 Å². The van der Waals surface area contributed by atoms with Crippen molar-refractivity contribution in [3.8, 4) is 0 Å². The van der Waals surface area contributed by atoms with E-state index in [-0.39, 0.29) is 19.3 Å². The average Bonchev–Trinajstić information content (AvgIpc) is 3.61. The summed E-state index contributed by atoms with van der Waals surface area (Å²) in [5.41, 5.74) is 30.3. The zero-order chi connectivity index (χ0) is 49.0. The van der Waals surface area contributed by atoms with E-state index in [2.05, 4.69) is 79.7 Å². The quantitative estimate of drug-likeness (QED) is 0.0359. The number of rotatable bonds is 44. The Kier molecular flexibility index (Phi) is 37.0. The maximum atomic E-state index is 13.1. The van der Waals surface area contributed by atoms with Gasteiger partial charge >= 0.3 is 0 Å². The fourth-order valence-corrected chi connectivity index (χ4v) is 11.6. The van der Waals surface area contributed by atoms with Gasteiger partial charge in [-0.25, -0.2) is 4.70 Å². The molecule has 400 valence electrons. The second kappa shape index (κ2) is 40.5. The minimum absolute atomic E-state index is 0. The predicted molar refractivity (Wildman–Crippen MR) is 306 cm³/mol. The Bertz CT molecular complexity index is 1670. The molecule has 0 saturated heterocycles. The number of benzene rings is 2. The smallest absolute Gasteiger partial charge is 0.211 e. The van der Waals surface area contributed by atoms with E-state index in [9.17, 15) is 5.53 Å². The fourth-order valence-electron chi connectivity index (χ4n) is 11.6. The molecule has 0 bridgehead atoms. The van der Waals surface area contributed by atoms with Crippen LogP contribution in [0.2, 0.25) is 0 Å². The van der Waals surface area contributed by atoms with Gasteiger partial charge in [-0.15, -0.1) is 0 Å². The standard InChI is InChI=1S/C66H112N2.Ni.2H/c1-9-17-22-24-25-26-27-28-29-30-31-32-33-34-35-36-37-42-50-64-63(49-41-23-18-10-2)65(59-51-55(43-14-6)61(45-16-8)56(52-59)44-15-7)68(67)66(64)60-53-57(46-38-19-11-3)62(48-40-21-13-5)58(54-60)47-39-20-12-4;;;/h51-54H,9-50H2,1-8H3;;;/q;;2*-1. The second-order valence-electron chi connectivity index (χ2n) is 21.7. The summed E-state index contributed by atoms with van der Waals surface area (Å²) < 4.78 is 1.76. The molecule has 0 atom stereocenters. The van der Waals surface area contributed by atoms with Crippen LogP contribution in [0, 0.1) is 0 Å². The molecule has 0 unspecified atom stereocenters. The summed E-state index contributed by atoms with van der Waals surface area (Å²) in [5, 5.41) is 0. The second-order valence-corrected chi connectivity index (χ2v) is 21.7. The van der Waals surface area contributed by atoms with Crippen LogP contribution in [0.25, 0.3) is 16.9 Å². The van der Waals surface area contributed by atoms with Gasteiger partial charge in [-0.2, -0.15) is 0 Å². The van der Waals surface area contributed by atoms with Crippen LogP contribution in [0.15, 0.2) is 35.4 Å². The van der Waals surface area contributed by atoms with Crippen molar-refractivity contribution >= 4 is 11.4 Å². The first-order valence-corrected chi connectivity index (χ1v) is 30.7. The van der Waals surface area contributed by atoms with Gasteiger partial charge in [0.2, 0.25) is 11.4 Å². The molecule has 1 heterocycles. The van der Waals surface area contributed by atoms with Gasteiger partial charge in [-0.05, 0) is 141 Å². The zero-order valence-corrected chi connectivity index (χ0v) is 48.2. The third-order valence-electron chi connectivity index (χ3n) is 15.5. The van der Waals surface area contributed by atoms with Crippen LogP contribution in [-0.2, 0) is 55.0 Å². The Morgan fingerprint density at radius 3 is 0.870 bits per heavy atom. The number of unbranched alkanes of at least 4 members (excludes halogenated alkanes) is 26. The van der Waals surface area contributed by atoms with Crippen LogP contribution in [-0.4, -0.2) is 4.70 Å². The first kappa shape index (κ1) is 63.1. The van der Waals surface area contributed by atoms with E-state index in [1.54, 1.807) is 27.0 Å². The Hall–Kier alpha value is -1.99. The van der Waals surface area contributed by atoms with E-state index in [4.69, 9.17) is 0 Å². The molecule has 2 nitrogen and oxygen atoms in total. The first-order chi connectivity index (χ1) is 33.4. The molecule has 69 heavy (non-hydrogen) atoms. The molecule has 1 aliphatic rings. The number of hydrogen-bond acceptors (Lipinski definition) is 0. The molecule has 0 saturated carbocycles. The maximum absolute atomic E-state index is 13.1. The number of hydrogen-bond donors (Lipinski definition) is 0. The molecule has 0 aliphatic carbocycles. The largest absolute Gasteiger partial charge is 1.00 e. The summed E-state index contributed by atoms with van der Waals surface area (Å²) in [6.45, 7) is 18.7. The van der Waals surface area contributed by atoms with Gasteiger partial charge < -0.3 is 8.38 Å². The minimum atomic E-state index is 0. The fraction of sp³-hybridized carbons (Fsp3) is 0.758. The van der Waals surface area contributed by atoms with E-state index in [0.29, 0.717) is 0 Å². The van der Waals surface area contributed by atoms with E-state index >= 15 is 0 Å². The average molecular weight is 994 g/mol. The third-order valence-corrected chi connectivity index (χ3v) is 15.5. The van der Waals surface area contributed by atoms with Crippen molar-refractivity contribution < 1.29 is 24.0 Å². The normalized spacial score (nSPS) is 12.8. The summed E-state index contributed by atoms with van der Waals surface area (Å²) >= 11 is 0. The molecular formula is C66H114N2Ni-2. The van der Waals surface area contributed by atoms with Gasteiger partial charge in [0.05, 0.1) is 0 Å². The van der Waals surface area contributed by atoms with Crippen LogP contribution in [0.3, 0.4) is 0 Å². The van der Waals surface area contributed by atoms with Crippen LogP contribution in [0.4, 0.5) is 0 Å². The first-order valence-electron chi connectivity index (χ1n) is 30.7. The van der Waals surface area contributed by atoms with Crippen molar-refractivity contribution in [3.05, 3.63) is 85.5 Å². The monoisotopic (exact) mass is 993 g/mol. The van der Waals surface area contributed by atoms with Crippen LogP contribution >= 0.6 is 0 Å². The van der Waals surface area contributed by atoms with Gasteiger partial charge in [-0.1, -0.05) is 242 Å². The zero-order valence-electron chi connectivity index (χ0n) is 49.2. The van der Waals surface area contributed by atoms with Gasteiger partial charge in [0.1, 0.15) is 0 Å². The molecule has 0 fully saturated rings. The molecule has 0 N–H and O–H groups in total. The van der Waals surface area contributed by atoms with Crippen molar-refractivity contribution in [2.24, 2.45) is 0 Å².